The third-order valence-electron chi connectivity index (χ3n) is 5.29. The normalized spacial score (nSPS) is 24.8. The van der Waals surface area contributed by atoms with Crippen LogP contribution in [0.15, 0.2) is 21.7 Å². The van der Waals surface area contributed by atoms with Gasteiger partial charge in [-0.1, -0.05) is 39.1 Å². The van der Waals surface area contributed by atoms with E-state index in [1.807, 2.05) is 0 Å². The molecule has 10 heteroatoms. The van der Waals surface area contributed by atoms with E-state index in [0.717, 1.165) is 4.47 Å². The van der Waals surface area contributed by atoms with Gasteiger partial charge in [-0.25, -0.2) is 0 Å². The Hall–Kier alpha value is -0.900. The largest absolute Gasteiger partial charge is 0.468 e. The second kappa shape index (κ2) is 9.49. The smallest absolute Gasteiger partial charge is 0.317 e. The number of hydrogen-bond donors (Lipinski definition) is 1. The number of carbonyl (C=O) groups is 1. The Morgan fingerprint density at radius 3 is 2.69 bits per heavy atom. The summed E-state index contributed by atoms with van der Waals surface area (Å²) in [6.45, 7) is 1.35. The number of hydrogen-bond acceptors (Lipinski definition) is 7. The zero-order valence-corrected chi connectivity index (χ0v) is 19.3. The van der Waals surface area contributed by atoms with E-state index < -0.39 is 17.2 Å². The molecule has 1 aliphatic heterocycles. The van der Waals surface area contributed by atoms with Crippen LogP contribution in [0.1, 0.15) is 25.7 Å². The molecule has 3 rings (SSSR count). The number of halogens is 3. The van der Waals surface area contributed by atoms with E-state index in [-0.39, 0.29) is 0 Å². The van der Waals surface area contributed by atoms with E-state index in [9.17, 15) is 4.79 Å². The zero-order valence-electron chi connectivity index (χ0n) is 16.2. The summed E-state index contributed by atoms with van der Waals surface area (Å²) in [7, 11) is 2.95. The minimum Gasteiger partial charge on any atom is -0.468 e. The lowest BCUT2D eigenvalue weighted by Crippen LogP contribution is -2.53. The monoisotopic (exact) mass is 508 g/mol. The van der Waals surface area contributed by atoms with E-state index in [1.165, 1.54) is 7.11 Å². The first-order valence-electron chi connectivity index (χ1n) is 9.19. The number of carbonyl (C=O) groups excluding carboxylic acids is 1. The highest BCUT2D eigenvalue weighted by atomic mass is 79.9. The van der Waals surface area contributed by atoms with Gasteiger partial charge in [-0.2, -0.15) is 5.10 Å². The zero-order chi connectivity index (χ0) is 21.1. The minimum atomic E-state index is -1.04. The minimum absolute atomic E-state index is 0.309. The fourth-order valence-electron chi connectivity index (χ4n) is 3.87. The number of nitrogens with zero attached hydrogens (tertiary/aromatic N) is 1. The van der Waals surface area contributed by atoms with E-state index in [1.54, 1.807) is 19.2 Å². The number of anilines is 1. The maximum absolute atomic E-state index is 13.0. The fourth-order valence-corrected chi connectivity index (χ4v) is 4.83. The van der Waals surface area contributed by atoms with Gasteiger partial charge in [0.2, 0.25) is 0 Å². The van der Waals surface area contributed by atoms with Gasteiger partial charge < -0.3 is 18.9 Å². The first-order valence-corrected chi connectivity index (χ1v) is 10.7. The van der Waals surface area contributed by atoms with Gasteiger partial charge in [-0.15, -0.1) is 0 Å². The summed E-state index contributed by atoms with van der Waals surface area (Å²) >= 11 is 15.8. The summed E-state index contributed by atoms with van der Waals surface area (Å²) in [5.74, 6) is -1.20. The maximum Gasteiger partial charge on any atom is 0.317 e. The molecule has 1 N–H and O–H groups in total. The number of methoxy groups -OCH3 is 2. The average Bonchev–Trinajstić information content (AvgIpc) is 3.15. The molecule has 2 aliphatic rings. The Morgan fingerprint density at radius 1 is 1.31 bits per heavy atom. The molecule has 160 valence electrons. The van der Waals surface area contributed by atoms with Crippen molar-refractivity contribution < 1.29 is 23.7 Å². The van der Waals surface area contributed by atoms with Gasteiger partial charge in [0.25, 0.3) is 0 Å². The van der Waals surface area contributed by atoms with Crippen molar-refractivity contribution in [2.24, 2.45) is 10.5 Å². The molecule has 0 aromatic heterocycles. The molecule has 1 heterocycles. The maximum atomic E-state index is 13.0. The van der Waals surface area contributed by atoms with Gasteiger partial charge in [0.15, 0.2) is 5.79 Å². The van der Waals surface area contributed by atoms with Crippen molar-refractivity contribution in [1.29, 1.82) is 0 Å². The highest BCUT2D eigenvalue weighted by molar-refractivity contribution is 9.10. The quantitative estimate of drug-likeness (QED) is 0.341. The lowest BCUT2D eigenvalue weighted by Gasteiger charge is -2.43. The molecule has 1 spiro atoms. The molecular weight excluding hydrogens is 487 g/mol. The van der Waals surface area contributed by atoms with Crippen LogP contribution in [0.25, 0.3) is 0 Å². The lowest BCUT2D eigenvalue weighted by atomic mass is 9.68. The topological polar surface area (TPSA) is 78.4 Å². The Kier molecular flexibility index (Phi) is 7.46. The van der Waals surface area contributed by atoms with Gasteiger partial charge >= 0.3 is 5.97 Å². The molecule has 1 aliphatic carbocycles. The SMILES string of the molecule is COCCC1(C(=O)OC)CC2(CC/C1=N\Nc1cc(Br)cc(Cl)c1Cl)OCCO2. The molecule has 1 saturated carbocycles. The van der Waals surface area contributed by atoms with E-state index in [2.05, 4.69) is 26.5 Å². The van der Waals surface area contributed by atoms with Crippen molar-refractivity contribution in [1.82, 2.24) is 0 Å². The Morgan fingerprint density at radius 2 is 2.03 bits per heavy atom. The predicted octanol–water partition coefficient (Wildman–Crippen LogP) is 4.65. The molecular formula is C19H23BrCl2N2O5. The van der Waals surface area contributed by atoms with Gasteiger partial charge in [0.05, 0.1) is 41.8 Å². The molecule has 2 fully saturated rings. The molecule has 1 aromatic carbocycles. The number of benzene rings is 1. The van der Waals surface area contributed by atoms with Crippen molar-refractivity contribution in [3.63, 3.8) is 0 Å². The number of ether oxygens (including phenoxy) is 4. The highest BCUT2D eigenvalue weighted by Crippen LogP contribution is 2.47. The van der Waals surface area contributed by atoms with Gasteiger partial charge in [0.1, 0.15) is 5.41 Å². The predicted molar refractivity (Wildman–Crippen MR) is 115 cm³/mol. The second-order valence-electron chi connectivity index (χ2n) is 7.02. The lowest BCUT2D eigenvalue weighted by molar-refractivity contribution is -0.195. The number of esters is 1. The van der Waals surface area contributed by atoms with Crippen LogP contribution in [0.5, 0.6) is 0 Å². The van der Waals surface area contributed by atoms with Crippen molar-refractivity contribution in [3.8, 4) is 0 Å². The van der Waals surface area contributed by atoms with Crippen LogP contribution in [0.2, 0.25) is 10.0 Å². The Bertz CT molecular complexity index is 801. The molecule has 29 heavy (non-hydrogen) atoms. The van der Waals surface area contributed by atoms with Crippen LogP contribution in [-0.4, -0.2) is 51.5 Å². The van der Waals surface area contributed by atoms with Crippen molar-refractivity contribution in [2.45, 2.75) is 31.5 Å². The van der Waals surface area contributed by atoms with Crippen molar-refractivity contribution in [2.75, 3.05) is 39.5 Å². The molecule has 1 aromatic rings. The van der Waals surface area contributed by atoms with Crippen LogP contribution >= 0.6 is 39.1 Å². The average molecular weight is 510 g/mol. The summed E-state index contributed by atoms with van der Waals surface area (Å²) in [6.07, 6.45) is 1.78. The van der Waals surface area contributed by atoms with Crippen LogP contribution in [0, 0.1) is 5.41 Å². The third-order valence-corrected chi connectivity index (χ3v) is 6.55. The molecule has 0 bridgehead atoms. The van der Waals surface area contributed by atoms with Gasteiger partial charge in [-0.05, 0) is 25.0 Å². The van der Waals surface area contributed by atoms with Crippen LogP contribution < -0.4 is 5.43 Å². The standard InChI is InChI=1S/C19H23BrCl2N2O5/c1-26-6-5-18(17(25)27-2)11-19(28-7-8-29-19)4-3-15(18)24-23-14-10-12(20)9-13(21)16(14)22/h9-10,23H,3-8,11H2,1-2H3/b24-15+. The van der Waals surface area contributed by atoms with Crippen molar-refractivity contribution >= 4 is 56.5 Å². The van der Waals surface area contributed by atoms with Crippen molar-refractivity contribution in [3.05, 3.63) is 26.7 Å². The summed E-state index contributed by atoms with van der Waals surface area (Å²) < 4.78 is 23.0. The highest BCUT2D eigenvalue weighted by Gasteiger charge is 2.56. The summed E-state index contributed by atoms with van der Waals surface area (Å²) in [5.41, 5.74) is 3.09. The van der Waals surface area contributed by atoms with Gasteiger partial charge in [-0.3, -0.25) is 10.2 Å². The molecule has 0 radical (unpaired) electrons. The summed E-state index contributed by atoms with van der Waals surface area (Å²) in [4.78, 5) is 13.0. The second-order valence-corrected chi connectivity index (χ2v) is 8.72. The Balaban J connectivity index is 1.97. The summed E-state index contributed by atoms with van der Waals surface area (Å²) in [6, 6.07) is 3.46. The fraction of sp³-hybridized carbons (Fsp3) is 0.579. The number of rotatable bonds is 6. The first kappa shape index (κ1) is 22.8. The van der Waals surface area contributed by atoms with Gasteiger partial charge in [0, 0.05) is 31.0 Å². The third kappa shape index (κ3) is 4.73. The van der Waals surface area contributed by atoms with Crippen LogP contribution in [0.4, 0.5) is 5.69 Å². The Labute approximate surface area is 188 Å². The number of nitrogens with one attached hydrogen (secondary N) is 1. The number of hydrazone groups is 1. The van der Waals surface area contributed by atoms with Crippen LogP contribution in [0.3, 0.4) is 0 Å². The van der Waals surface area contributed by atoms with Crippen LogP contribution in [-0.2, 0) is 23.7 Å². The molecule has 1 atom stereocenters. The molecule has 0 amide bonds. The molecule has 7 nitrogen and oxygen atoms in total. The molecule has 1 saturated heterocycles. The first-order chi connectivity index (χ1) is 13.9. The van der Waals surface area contributed by atoms with E-state index >= 15 is 0 Å². The van der Waals surface area contributed by atoms with E-state index in [0.29, 0.717) is 66.9 Å². The van der Waals surface area contributed by atoms with E-state index in [4.69, 9.17) is 42.1 Å². The molecule has 1 unspecified atom stereocenters. The summed E-state index contributed by atoms with van der Waals surface area (Å²) in [5, 5.41) is 5.29.